The number of urea groups is 1. The van der Waals surface area contributed by atoms with Gasteiger partial charge >= 0.3 is 6.03 Å². The van der Waals surface area contributed by atoms with Crippen LogP contribution in [0, 0.1) is 0 Å². The van der Waals surface area contributed by atoms with Gasteiger partial charge in [0.15, 0.2) is 11.5 Å². The zero-order chi connectivity index (χ0) is 16.2. The normalized spacial score (nSPS) is 24.3. The molecule has 2 heterocycles. The van der Waals surface area contributed by atoms with Gasteiger partial charge in [-0.05, 0) is 32.3 Å². The number of carbonyl (C=O) groups excluding carboxylic acids is 1. The lowest BCUT2D eigenvalue weighted by molar-refractivity contribution is 0.0856. The number of carbonyl (C=O) groups is 1. The monoisotopic (exact) mass is 320 g/mol. The predicted octanol–water partition coefficient (Wildman–Crippen LogP) is 1.87. The van der Waals surface area contributed by atoms with Gasteiger partial charge in [0.05, 0.1) is 25.3 Å². The molecule has 0 saturated carbocycles. The van der Waals surface area contributed by atoms with Crippen LogP contribution >= 0.6 is 0 Å². The lowest BCUT2D eigenvalue weighted by atomic mass is 10.0. The van der Waals surface area contributed by atoms with E-state index in [1.54, 1.807) is 7.11 Å². The smallest absolute Gasteiger partial charge is 0.315 e. The van der Waals surface area contributed by atoms with E-state index in [-0.39, 0.29) is 24.2 Å². The molecule has 1 aromatic carbocycles. The number of ether oxygens (including phenoxy) is 3. The Hall–Kier alpha value is -1.95. The summed E-state index contributed by atoms with van der Waals surface area (Å²) in [6, 6.07) is 5.60. The van der Waals surface area contributed by atoms with Crippen molar-refractivity contribution in [1.29, 1.82) is 0 Å². The molecule has 2 amide bonds. The summed E-state index contributed by atoms with van der Waals surface area (Å²) in [5, 5.41) is 5.94. The highest BCUT2D eigenvalue weighted by Gasteiger charge is 2.26. The first-order valence-corrected chi connectivity index (χ1v) is 8.14. The lowest BCUT2D eigenvalue weighted by Crippen LogP contribution is -2.51. The van der Waals surface area contributed by atoms with E-state index in [1.165, 1.54) is 0 Å². The number of nitrogens with one attached hydrogen (secondary N) is 2. The molecule has 6 heteroatoms. The van der Waals surface area contributed by atoms with E-state index in [0.29, 0.717) is 6.61 Å². The Morgan fingerprint density at radius 3 is 3.04 bits per heavy atom. The number of hydrogen-bond donors (Lipinski definition) is 2. The fourth-order valence-corrected chi connectivity index (χ4v) is 3.17. The summed E-state index contributed by atoms with van der Waals surface area (Å²) < 4.78 is 16.7. The van der Waals surface area contributed by atoms with Crippen LogP contribution in [0.5, 0.6) is 11.5 Å². The molecule has 126 valence electrons. The highest BCUT2D eigenvalue weighted by Crippen LogP contribution is 2.34. The molecule has 23 heavy (non-hydrogen) atoms. The number of rotatable bonds is 4. The second kappa shape index (κ2) is 7.08. The molecule has 0 unspecified atom stereocenters. The van der Waals surface area contributed by atoms with E-state index < -0.39 is 0 Å². The fraction of sp³-hybridized carbons (Fsp3) is 0.588. The van der Waals surface area contributed by atoms with Crippen LogP contribution in [0.4, 0.5) is 4.79 Å². The van der Waals surface area contributed by atoms with Gasteiger partial charge in [0.1, 0.15) is 6.61 Å². The van der Waals surface area contributed by atoms with Gasteiger partial charge in [0, 0.05) is 12.2 Å². The van der Waals surface area contributed by atoms with Crippen molar-refractivity contribution in [3.63, 3.8) is 0 Å². The molecule has 0 aromatic heterocycles. The summed E-state index contributed by atoms with van der Waals surface area (Å²) in [6.45, 7) is 3.20. The first-order valence-electron chi connectivity index (χ1n) is 8.14. The molecule has 6 nitrogen and oxygen atoms in total. The summed E-state index contributed by atoms with van der Waals surface area (Å²) in [7, 11) is 1.63. The standard InChI is InChI=1S/C17H24N2O4/c1-11(14-7-4-8-22-14)18-17(20)19-13-9-12-5-3-6-15(21-2)16(12)23-10-13/h3,5-6,11,13-14H,4,7-10H2,1-2H3,(H2,18,19,20)/t11-,13-,14+/m1/s1. The molecule has 0 bridgehead atoms. The van der Waals surface area contributed by atoms with E-state index in [4.69, 9.17) is 14.2 Å². The van der Waals surface area contributed by atoms with Crippen molar-refractivity contribution in [2.45, 2.75) is 44.4 Å². The fourth-order valence-electron chi connectivity index (χ4n) is 3.17. The maximum absolute atomic E-state index is 12.2. The summed E-state index contributed by atoms with van der Waals surface area (Å²) >= 11 is 0. The van der Waals surface area contributed by atoms with Crippen LogP contribution in [0.2, 0.25) is 0 Å². The van der Waals surface area contributed by atoms with E-state index >= 15 is 0 Å². The SMILES string of the molecule is COc1cccc2c1OC[C@H](NC(=O)N[C@H](C)[C@@H]1CCCO1)C2. The van der Waals surface area contributed by atoms with Gasteiger partial charge in [-0.2, -0.15) is 0 Å². The number of hydrogen-bond acceptors (Lipinski definition) is 4. The van der Waals surface area contributed by atoms with E-state index in [0.717, 1.165) is 42.9 Å². The van der Waals surface area contributed by atoms with E-state index in [1.807, 2.05) is 25.1 Å². The van der Waals surface area contributed by atoms with Gasteiger partial charge in [0.2, 0.25) is 0 Å². The second-order valence-corrected chi connectivity index (χ2v) is 6.12. The molecule has 0 spiro atoms. The second-order valence-electron chi connectivity index (χ2n) is 6.12. The van der Waals surface area contributed by atoms with Crippen LogP contribution in [-0.2, 0) is 11.2 Å². The molecule has 1 saturated heterocycles. The molecule has 3 rings (SSSR count). The summed E-state index contributed by atoms with van der Waals surface area (Å²) in [5.74, 6) is 1.51. The predicted molar refractivity (Wildman–Crippen MR) is 86.1 cm³/mol. The molecular weight excluding hydrogens is 296 g/mol. The Balaban J connectivity index is 1.53. The molecule has 0 aliphatic carbocycles. The minimum absolute atomic E-state index is 0.00869. The molecule has 1 fully saturated rings. The zero-order valence-corrected chi connectivity index (χ0v) is 13.6. The summed E-state index contributed by atoms with van der Waals surface area (Å²) in [5.41, 5.74) is 1.05. The highest BCUT2D eigenvalue weighted by atomic mass is 16.5. The molecular formula is C17H24N2O4. The molecule has 2 aliphatic rings. The van der Waals surface area contributed by atoms with Crippen molar-refractivity contribution in [2.75, 3.05) is 20.3 Å². The third-order valence-electron chi connectivity index (χ3n) is 4.39. The van der Waals surface area contributed by atoms with Crippen molar-refractivity contribution in [2.24, 2.45) is 0 Å². The van der Waals surface area contributed by atoms with E-state index in [9.17, 15) is 4.79 Å². The minimum Gasteiger partial charge on any atom is -0.493 e. The average Bonchev–Trinajstić information content (AvgIpc) is 3.08. The number of benzene rings is 1. The van der Waals surface area contributed by atoms with Crippen LogP contribution in [-0.4, -0.2) is 44.5 Å². The van der Waals surface area contributed by atoms with Crippen LogP contribution in [0.15, 0.2) is 18.2 Å². The Morgan fingerprint density at radius 2 is 2.30 bits per heavy atom. The van der Waals surface area contributed by atoms with E-state index in [2.05, 4.69) is 10.6 Å². The third-order valence-corrected chi connectivity index (χ3v) is 4.39. The molecule has 2 N–H and O–H groups in total. The minimum atomic E-state index is -0.173. The maximum atomic E-state index is 12.2. The summed E-state index contributed by atoms with van der Waals surface area (Å²) in [4.78, 5) is 12.2. The maximum Gasteiger partial charge on any atom is 0.315 e. The largest absolute Gasteiger partial charge is 0.493 e. The van der Waals surface area contributed by atoms with Gasteiger partial charge in [-0.25, -0.2) is 4.79 Å². The van der Waals surface area contributed by atoms with Gasteiger partial charge in [-0.1, -0.05) is 12.1 Å². The number of para-hydroxylation sites is 1. The molecule has 3 atom stereocenters. The zero-order valence-electron chi connectivity index (χ0n) is 13.6. The number of amides is 2. The van der Waals surface area contributed by atoms with Crippen molar-refractivity contribution < 1.29 is 19.0 Å². The van der Waals surface area contributed by atoms with Crippen molar-refractivity contribution in [3.8, 4) is 11.5 Å². The van der Waals surface area contributed by atoms with Gasteiger partial charge in [-0.15, -0.1) is 0 Å². The quantitative estimate of drug-likeness (QED) is 0.888. The third kappa shape index (κ3) is 3.69. The Kier molecular flexibility index (Phi) is 4.91. The molecule has 2 aliphatic heterocycles. The van der Waals surface area contributed by atoms with Crippen LogP contribution in [0.25, 0.3) is 0 Å². The number of fused-ring (bicyclic) bond motifs is 1. The Morgan fingerprint density at radius 1 is 1.43 bits per heavy atom. The lowest BCUT2D eigenvalue weighted by Gasteiger charge is -2.28. The van der Waals surface area contributed by atoms with Gasteiger partial charge in [0.25, 0.3) is 0 Å². The van der Waals surface area contributed by atoms with Crippen molar-refractivity contribution >= 4 is 6.03 Å². The highest BCUT2D eigenvalue weighted by molar-refractivity contribution is 5.74. The number of methoxy groups -OCH3 is 1. The Labute approximate surface area is 136 Å². The first kappa shape index (κ1) is 15.9. The molecule has 1 aromatic rings. The van der Waals surface area contributed by atoms with Crippen LogP contribution in [0.1, 0.15) is 25.3 Å². The Bertz CT molecular complexity index is 558. The first-order chi connectivity index (χ1) is 11.2. The average molecular weight is 320 g/mol. The van der Waals surface area contributed by atoms with Crippen LogP contribution in [0.3, 0.4) is 0 Å². The topological polar surface area (TPSA) is 68.8 Å². The van der Waals surface area contributed by atoms with Crippen LogP contribution < -0.4 is 20.1 Å². The molecule has 0 radical (unpaired) electrons. The van der Waals surface area contributed by atoms with Crippen molar-refractivity contribution in [1.82, 2.24) is 10.6 Å². The van der Waals surface area contributed by atoms with Gasteiger partial charge in [-0.3, -0.25) is 0 Å². The van der Waals surface area contributed by atoms with Gasteiger partial charge < -0.3 is 24.8 Å². The summed E-state index contributed by atoms with van der Waals surface area (Å²) in [6.07, 6.45) is 2.91. The van der Waals surface area contributed by atoms with Crippen molar-refractivity contribution in [3.05, 3.63) is 23.8 Å².